The van der Waals surface area contributed by atoms with Gasteiger partial charge in [-0.3, -0.25) is 0 Å². The average Bonchev–Trinajstić information content (AvgIpc) is 2.37. The molecule has 0 fully saturated rings. The van der Waals surface area contributed by atoms with Crippen molar-refractivity contribution in [1.29, 1.82) is 0 Å². The van der Waals surface area contributed by atoms with Crippen LogP contribution < -0.4 is 10.1 Å². The highest BCUT2D eigenvalue weighted by Gasteiger charge is 2.11. The van der Waals surface area contributed by atoms with Gasteiger partial charge in [-0.25, -0.2) is 8.78 Å². The Bertz CT molecular complexity index is 552. The standard InChI is InChI=1S/C15H15F2NO/c1-10(18-2)14-5-3-4-6-15(14)19-13-8-11(16)7-12(17)9-13/h3-10,18H,1-2H3. The second-order valence-corrected chi connectivity index (χ2v) is 4.26. The third kappa shape index (κ3) is 3.29. The van der Waals surface area contributed by atoms with Crippen molar-refractivity contribution in [1.82, 2.24) is 5.32 Å². The largest absolute Gasteiger partial charge is 0.457 e. The summed E-state index contributed by atoms with van der Waals surface area (Å²) in [6.45, 7) is 1.98. The van der Waals surface area contributed by atoms with Gasteiger partial charge >= 0.3 is 0 Å². The van der Waals surface area contributed by atoms with Crippen molar-refractivity contribution in [2.24, 2.45) is 0 Å². The monoisotopic (exact) mass is 263 g/mol. The molecule has 1 N–H and O–H groups in total. The maximum absolute atomic E-state index is 13.1. The maximum Gasteiger partial charge on any atom is 0.133 e. The molecule has 0 radical (unpaired) electrons. The van der Waals surface area contributed by atoms with E-state index in [1.54, 1.807) is 6.07 Å². The highest BCUT2D eigenvalue weighted by atomic mass is 19.1. The van der Waals surface area contributed by atoms with E-state index in [2.05, 4.69) is 5.32 Å². The fourth-order valence-corrected chi connectivity index (χ4v) is 1.80. The highest BCUT2D eigenvalue weighted by Crippen LogP contribution is 2.30. The molecular formula is C15H15F2NO. The van der Waals surface area contributed by atoms with Gasteiger partial charge in [-0.15, -0.1) is 0 Å². The second-order valence-electron chi connectivity index (χ2n) is 4.26. The SMILES string of the molecule is CNC(C)c1ccccc1Oc1cc(F)cc(F)c1. The lowest BCUT2D eigenvalue weighted by Crippen LogP contribution is -2.13. The molecule has 2 aromatic rings. The van der Waals surface area contributed by atoms with Gasteiger partial charge in [0.1, 0.15) is 23.1 Å². The van der Waals surface area contributed by atoms with E-state index in [-0.39, 0.29) is 11.8 Å². The van der Waals surface area contributed by atoms with Gasteiger partial charge in [0.15, 0.2) is 0 Å². The topological polar surface area (TPSA) is 21.3 Å². The molecule has 0 spiro atoms. The number of rotatable bonds is 4. The molecule has 100 valence electrons. The normalized spacial score (nSPS) is 12.2. The Kier molecular flexibility index (Phi) is 4.12. The van der Waals surface area contributed by atoms with Gasteiger partial charge in [-0.2, -0.15) is 0 Å². The zero-order chi connectivity index (χ0) is 13.8. The lowest BCUT2D eigenvalue weighted by molar-refractivity contribution is 0.455. The van der Waals surface area contributed by atoms with Crippen molar-refractivity contribution in [3.63, 3.8) is 0 Å². The van der Waals surface area contributed by atoms with E-state index in [0.717, 1.165) is 23.8 Å². The van der Waals surface area contributed by atoms with E-state index in [0.29, 0.717) is 5.75 Å². The quantitative estimate of drug-likeness (QED) is 0.899. The summed E-state index contributed by atoms with van der Waals surface area (Å²) in [6, 6.07) is 10.6. The van der Waals surface area contributed by atoms with Crippen LogP contribution in [0.2, 0.25) is 0 Å². The number of nitrogens with one attached hydrogen (secondary N) is 1. The molecule has 2 nitrogen and oxygen atoms in total. The predicted octanol–water partition coefficient (Wildman–Crippen LogP) is 4.04. The van der Waals surface area contributed by atoms with Crippen LogP contribution in [0.15, 0.2) is 42.5 Å². The lowest BCUT2D eigenvalue weighted by atomic mass is 10.1. The van der Waals surface area contributed by atoms with Crippen LogP contribution in [0, 0.1) is 11.6 Å². The Balaban J connectivity index is 2.32. The molecule has 19 heavy (non-hydrogen) atoms. The number of benzene rings is 2. The number of hydrogen-bond acceptors (Lipinski definition) is 2. The van der Waals surface area contributed by atoms with E-state index in [9.17, 15) is 8.78 Å². The summed E-state index contributed by atoms with van der Waals surface area (Å²) in [5.74, 6) is -0.592. The van der Waals surface area contributed by atoms with E-state index < -0.39 is 11.6 Å². The fourth-order valence-electron chi connectivity index (χ4n) is 1.80. The fraction of sp³-hybridized carbons (Fsp3) is 0.200. The van der Waals surface area contributed by atoms with Crippen LogP contribution in [0.4, 0.5) is 8.78 Å². The first-order chi connectivity index (χ1) is 9.10. The summed E-state index contributed by atoms with van der Waals surface area (Å²) >= 11 is 0. The zero-order valence-corrected chi connectivity index (χ0v) is 10.8. The van der Waals surface area contributed by atoms with Crippen molar-refractivity contribution in [3.8, 4) is 11.5 Å². The minimum Gasteiger partial charge on any atom is -0.457 e. The lowest BCUT2D eigenvalue weighted by Gasteiger charge is -2.16. The Morgan fingerprint density at radius 3 is 2.32 bits per heavy atom. The van der Waals surface area contributed by atoms with Crippen molar-refractivity contribution < 1.29 is 13.5 Å². The van der Waals surface area contributed by atoms with E-state index >= 15 is 0 Å². The zero-order valence-electron chi connectivity index (χ0n) is 10.8. The van der Waals surface area contributed by atoms with Gasteiger partial charge in [0.05, 0.1) is 0 Å². The van der Waals surface area contributed by atoms with Crippen LogP contribution in [0.5, 0.6) is 11.5 Å². The molecule has 0 saturated carbocycles. The van der Waals surface area contributed by atoms with Crippen LogP contribution in [-0.2, 0) is 0 Å². The Hall–Kier alpha value is -1.94. The molecule has 0 aromatic heterocycles. The summed E-state index contributed by atoms with van der Waals surface area (Å²) in [4.78, 5) is 0. The number of hydrogen-bond donors (Lipinski definition) is 1. The highest BCUT2D eigenvalue weighted by molar-refractivity contribution is 5.39. The summed E-state index contributed by atoms with van der Waals surface area (Å²) in [5.41, 5.74) is 0.926. The van der Waals surface area contributed by atoms with Crippen molar-refractivity contribution in [2.45, 2.75) is 13.0 Å². The first-order valence-electron chi connectivity index (χ1n) is 6.00. The minimum absolute atomic E-state index is 0.0783. The molecule has 1 unspecified atom stereocenters. The summed E-state index contributed by atoms with van der Waals surface area (Å²) in [6.07, 6.45) is 0. The predicted molar refractivity (Wildman–Crippen MR) is 70.3 cm³/mol. The minimum atomic E-state index is -0.658. The van der Waals surface area contributed by atoms with Gasteiger partial charge in [-0.05, 0) is 20.0 Å². The van der Waals surface area contributed by atoms with Crippen LogP contribution in [0.1, 0.15) is 18.5 Å². The van der Waals surface area contributed by atoms with Crippen molar-refractivity contribution in [2.75, 3.05) is 7.05 Å². The van der Waals surface area contributed by atoms with E-state index in [4.69, 9.17) is 4.74 Å². The molecule has 0 aliphatic carbocycles. The molecule has 4 heteroatoms. The van der Waals surface area contributed by atoms with Gasteiger partial charge in [-0.1, -0.05) is 18.2 Å². The molecular weight excluding hydrogens is 248 g/mol. The van der Waals surface area contributed by atoms with Gasteiger partial charge < -0.3 is 10.1 Å². The average molecular weight is 263 g/mol. The number of halogens is 2. The van der Waals surface area contributed by atoms with E-state index in [1.165, 1.54) is 0 Å². The smallest absolute Gasteiger partial charge is 0.133 e. The number of ether oxygens (including phenoxy) is 1. The molecule has 0 heterocycles. The molecule has 0 bridgehead atoms. The van der Waals surface area contributed by atoms with Crippen LogP contribution in [0.3, 0.4) is 0 Å². The summed E-state index contributed by atoms with van der Waals surface area (Å²) < 4.78 is 31.8. The van der Waals surface area contributed by atoms with Gasteiger partial charge in [0.2, 0.25) is 0 Å². The van der Waals surface area contributed by atoms with Crippen LogP contribution in [-0.4, -0.2) is 7.05 Å². The van der Waals surface area contributed by atoms with Crippen molar-refractivity contribution >= 4 is 0 Å². The maximum atomic E-state index is 13.1. The molecule has 2 rings (SSSR count). The molecule has 0 saturated heterocycles. The van der Waals surface area contributed by atoms with Crippen molar-refractivity contribution in [3.05, 3.63) is 59.7 Å². The summed E-state index contributed by atoms with van der Waals surface area (Å²) in [5, 5.41) is 3.10. The van der Waals surface area contributed by atoms with Gasteiger partial charge in [0.25, 0.3) is 0 Å². The second kappa shape index (κ2) is 5.80. The Morgan fingerprint density at radius 2 is 1.68 bits per heavy atom. The first kappa shape index (κ1) is 13.5. The van der Waals surface area contributed by atoms with Gasteiger partial charge in [0, 0.05) is 29.8 Å². The first-order valence-corrected chi connectivity index (χ1v) is 6.00. The molecule has 2 aromatic carbocycles. The van der Waals surface area contributed by atoms with E-state index in [1.807, 2.05) is 32.2 Å². The molecule has 0 amide bonds. The Labute approximate surface area is 111 Å². The molecule has 0 aliphatic heterocycles. The van der Waals surface area contributed by atoms with Crippen LogP contribution in [0.25, 0.3) is 0 Å². The summed E-state index contributed by atoms with van der Waals surface area (Å²) in [7, 11) is 1.84. The third-order valence-corrected chi connectivity index (χ3v) is 2.88. The third-order valence-electron chi connectivity index (χ3n) is 2.88. The van der Waals surface area contributed by atoms with Crippen LogP contribution >= 0.6 is 0 Å². The molecule has 0 aliphatic rings. The Morgan fingerprint density at radius 1 is 1.05 bits per heavy atom. The number of para-hydroxylation sites is 1. The molecule has 1 atom stereocenters.